The lowest BCUT2D eigenvalue weighted by atomic mass is 9.96. The second-order valence-electron chi connectivity index (χ2n) is 8.20. The quantitative estimate of drug-likeness (QED) is 0.113. The molecule has 2 aliphatic rings. The average Bonchev–Trinajstić information content (AvgIpc) is 3.10. The Morgan fingerprint density at radius 3 is 2.29 bits per heavy atom. The molecule has 1 aromatic rings. The number of nitrogens with zero attached hydrogens (tertiary/aromatic N) is 2. The van der Waals surface area contributed by atoms with Crippen LogP contribution in [-0.4, -0.2) is 123 Å². The molecule has 20 nitrogen and oxygen atoms in total. The van der Waals surface area contributed by atoms with Crippen LogP contribution in [0.15, 0.2) is 17.1 Å². The minimum atomic E-state index is -5.67. The number of aliphatic hydroxyl groups is 7. The second-order valence-corrected chi connectivity index (χ2v) is 11.2. The number of nitrogen functional groups attached to an aromatic ring is 1. The van der Waals surface area contributed by atoms with Crippen molar-refractivity contribution in [2.24, 2.45) is 0 Å². The van der Waals surface area contributed by atoms with E-state index in [4.69, 9.17) is 20.3 Å². The van der Waals surface area contributed by atoms with Gasteiger partial charge in [0.15, 0.2) is 12.5 Å². The number of hydrogen-bond acceptors (Lipinski definition) is 17. The van der Waals surface area contributed by atoms with E-state index in [9.17, 15) is 54.4 Å². The van der Waals surface area contributed by atoms with Crippen molar-refractivity contribution in [1.29, 1.82) is 0 Å². The maximum atomic E-state index is 12.3. The van der Waals surface area contributed by atoms with Gasteiger partial charge in [0.1, 0.15) is 54.6 Å². The molecule has 0 amide bonds. The molecule has 38 heavy (non-hydrogen) atoms. The highest BCUT2D eigenvalue weighted by Crippen LogP contribution is 2.61. The summed E-state index contributed by atoms with van der Waals surface area (Å²) in [6.07, 6.45) is -17.7. The summed E-state index contributed by atoms with van der Waals surface area (Å²) in [5.74, 6) is -0.134. The monoisotopic (exact) mass is 595 g/mol. The first-order chi connectivity index (χ1) is 17.6. The molecule has 3 rings (SSSR count). The highest BCUT2D eigenvalue weighted by atomic mass is 31.3. The van der Waals surface area contributed by atoms with Gasteiger partial charge in [-0.05, 0) is 6.07 Å². The number of phosphoric ester groups is 2. The molecule has 11 N–H and O–H groups in total. The molecule has 0 aliphatic carbocycles. The average molecular weight is 595 g/mol. The van der Waals surface area contributed by atoms with Crippen LogP contribution in [0.2, 0.25) is 0 Å². The molecule has 2 fully saturated rings. The summed E-state index contributed by atoms with van der Waals surface area (Å²) in [5.41, 5.74) is 4.43. The molecule has 218 valence electrons. The summed E-state index contributed by atoms with van der Waals surface area (Å²) in [4.78, 5) is 35.1. The Bertz CT molecular complexity index is 1120. The van der Waals surface area contributed by atoms with Crippen LogP contribution < -0.4 is 11.4 Å². The highest BCUT2D eigenvalue weighted by molar-refractivity contribution is 7.61. The van der Waals surface area contributed by atoms with Crippen molar-refractivity contribution in [2.75, 3.05) is 18.9 Å². The summed E-state index contributed by atoms with van der Waals surface area (Å²) in [5, 5.41) is 68.7. The fraction of sp³-hybridized carbons (Fsp3) is 0.750. The molecule has 0 aromatic carbocycles. The second kappa shape index (κ2) is 12.0. The van der Waals surface area contributed by atoms with Crippen LogP contribution in [0.1, 0.15) is 6.23 Å². The molecule has 2 aliphatic heterocycles. The topological polar surface area (TPSA) is 323 Å². The Labute approximate surface area is 212 Å². The molecule has 22 heteroatoms. The number of ether oxygens (including phenoxy) is 2. The number of phosphoric acid groups is 2. The minimum absolute atomic E-state index is 0.134. The first-order valence-corrected chi connectivity index (χ1v) is 13.6. The van der Waals surface area contributed by atoms with Crippen molar-refractivity contribution >= 4 is 21.5 Å². The van der Waals surface area contributed by atoms with E-state index < -0.39 is 95.9 Å². The van der Waals surface area contributed by atoms with Gasteiger partial charge in [0.05, 0.1) is 13.2 Å². The van der Waals surface area contributed by atoms with Crippen LogP contribution in [0, 0.1) is 0 Å². The molecule has 2 unspecified atom stereocenters. The molecule has 2 saturated heterocycles. The third-order valence-corrected chi connectivity index (χ3v) is 8.08. The van der Waals surface area contributed by atoms with E-state index in [1.807, 2.05) is 0 Å². The number of nitrogens with two attached hydrogens (primary N) is 1. The summed E-state index contributed by atoms with van der Waals surface area (Å²) < 4.78 is 48.5. The predicted molar refractivity (Wildman–Crippen MR) is 116 cm³/mol. The van der Waals surface area contributed by atoms with Crippen LogP contribution in [0.3, 0.4) is 0 Å². The van der Waals surface area contributed by atoms with E-state index >= 15 is 0 Å². The molecule has 0 spiro atoms. The van der Waals surface area contributed by atoms with E-state index in [1.165, 1.54) is 6.07 Å². The summed E-state index contributed by atoms with van der Waals surface area (Å²) in [7, 11) is -11.2. The van der Waals surface area contributed by atoms with Crippen molar-refractivity contribution in [3.63, 3.8) is 0 Å². The van der Waals surface area contributed by atoms with Crippen molar-refractivity contribution in [2.45, 2.75) is 61.3 Å². The van der Waals surface area contributed by atoms with Gasteiger partial charge in [-0.1, -0.05) is 0 Å². The van der Waals surface area contributed by atoms with Gasteiger partial charge in [-0.25, -0.2) is 13.9 Å². The highest BCUT2D eigenvalue weighted by Gasteiger charge is 2.51. The Hall–Kier alpha value is -1.42. The van der Waals surface area contributed by atoms with Gasteiger partial charge in [-0.3, -0.25) is 13.6 Å². The first-order valence-electron chi connectivity index (χ1n) is 10.6. The van der Waals surface area contributed by atoms with E-state index in [2.05, 4.69) is 18.3 Å². The zero-order valence-electron chi connectivity index (χ0n) is 19.0. The maximum Gasteiger partial charge on any atom is 0.483 e. The van der Waals surface area contributed by atoms with Gasteiger partial charge in [-0.15, -0.1) is 0 Å². The lowest BCUT2D eigenvalue weighted by Crippen LogP contribution is -2.61. The first kappa shape index (κ1) is 31.1. The fourth-order valence-electron chi connectivity index (χ4n) is 3.57. The Morgan fingerprint density at radius 2 is 1.68 bits per heavy atom. The molecule has 0 radical (unpaired) electrons. The number of aliphatic hydroxyl groups excluding tert-OH is 7. The molecular weight excluding hydrogens is 568 g/mol. The number of anilines is 1. The maximum absolute atomic E-state index is 12.3. The van der Waals surface area contributed by atoms with Crippen LogP contribution in [0.5, 0.6) is 0 Å². The Balaban J connectivity index is 1.62. The van der Waals surface area contributed by atoms with E-state index in [1.54, 1.807) is 0 Å². The molecule has 3 heterocycles. The van der Waals surface area contributed by atoms with Gasteiger partial charge in [0, 0.05) is 6.20 Å². The molecule has 0 bridgehead atoms. The van der Waals surface area contributed by atoms with Crippen LogP contribution in [-0.2, 0) is 32.0 Å². The number of rotatable bonds is 10. The SMILES string of the molecule is Nc1ccn([C@@H]2O[C@H](COP(=O)(O)OP(=O)(O)O[C@@H]3O[C@H]([C@H](O)CO)[C@@H](O)[C@H](O)[C@@H]3O)[C@@H](O)[C@H]2O)c(=O)n1. The molecule has 12 atom stereocenters. The van der Waals surface area contributed by atoms with Crippen molar-refractivity contribution in [1.82, 2.24) is 9.55 Å². The standard InChI is InChI=1S/C16H27N3O17P2/c17-7-1-2-19(16(27)18-7)14-11(25)8(22)6(33-14)4-32-37(28,29)36-38(30,31)35-15-12(26)9(23)10(24)13(34-15)5(21)3-20/h1-2,5-6,8-15,20-26H,3-4H2,(H,28,29)(H,30,31)(H2,17,18,27)/t5-,6-,8-,9+,10+,11-,12+,13-,14-,15+/m1/s1. The third-order valence-electron chi connectivity index (χ3n) is 5.48. The van der Waals surface area contributed by atoms with Gasteiger partial charge in [-0.2, -0.15) is 9.29 Å². The van der Waals surface area contributed by atoms with Crippen molar-refractivity contribution < 1.29 is 77.5 Å². The third kappa shape index (κ3) is 7.01. The molecule has 1 aromatic heterocycles. The Morgan fingerprint density at radius 1 is 1.03 bits per heavy atom. The van der Waals surface area contributed by atoms with Gasteiger partial charge < -0.3 is 60.7 Å². The minimum Gasteiger partial charge on any atom is -0.394 e. The molecular formula is C16H27N3O17P2. The lowest BCUT2D eigenvalue weighted by Gasteiger charge is -2.41. The van der Waals surface area contributed by atoms with E-state index in [0.717, 1.165) is 10.8 Å². The van der Waals surface area contributed by atoms with Crippen LogP contribution in [0.4, 0.5) is 5.82 Å². The number of hydrogen-bond donors (Lipinski definition) is 10. The van der Waals surface area contributed by atoms with Gasteiger partial charge in [0.25, 0.3) is 0 Å². The van der Waals surface area contributed by atoms with Crippen molar-refractivity contribution in [3.05, 3.63) is 22.7 Å². The normalized spacial score (nSPS) is 37.9. The molecule has 0 saturated carbocycles. The van der Waals surface area contributed by atoms with Crippen LogP contribution >= 0.6 is 15.6 Å². The van der Waals surface area contributed by atoms with Gasteiger partial charge >= 0.3 is 21.3 Å². The lowest BCUT2D eigenvalue weighted by molar-refractivity contribution is -0.292. The summed E-state index contributed by atoms with van der Waals surface area (Å²) >= 11 is 0. The van der Waals surface area contributed by atoms with E-state index in [-0.39, 0.29) is 5.82 Å². The fourth-order valence-corrected chi connectivity index (χ4v) is 5.73. The van der Waals surface area contributed by atoms with Gasteiger partial charge in [0.2, 0.25) is 0 Å². The van der Waals surface area contributed by atoms with E-state index in [0.29, 0.717) is 0 Å². The number of aromatic nitrogens is 2. The summed E-state index contributed by atoms with van der Waals surface area (Å²) in [6, 6.07) is 1.20. The smallest absolute Gasteiger partial charge is 0.394 e. The predicted octanol–water partition coefficient (Wildman–Crippen LogP) is -5.14. The zero-order chi connectivity index (χ0) is 28.6. The van der Waals surface area contributed by atoms with Crippen LogP contribution in [0.25, 0.3) is 0 Å². The zero-order valence-corrected chi connectivity index (χ0v) is 20.8. The summed E-state index contributed by atoms with van der Waals surface area (Å²) in [6.45, 7) is -2.02. The Kier molecular flexibility index (Phi) is 9.81. The van der Waals surface area contributed by atoms with Crippen molar-refractivity contribution in [3.8, 4) is 0 Å². The largest absolute Gasteiger partial charge is 0.483 e.